The fourth-order valence-corrected chi connectivity index (χ4v) is 2.86. The van der Waals surface area contributed by atoms with Gasteiger partial charge in [-0.15, -0.1) is 0 Å². The molecule has 0 bridgehead atoms. The Morgan fingerprint density at radius 2 is 2.10 bits per heavy atom. The number of anilines is 1. The minimum atomic E-state index is -3.49. The molecule has 0 spiro atoms. The second-order valence-corrected chi connectivity index (χ2v) is 6.74. The van der Waals surface area contributed by atoms with E-state index in [0.29, 0.717) is 23.7 Å². The first-order chi connectivity index (χ1) is 9.92. The molecule has 1 aromatic carbocycles. The number of fused-ring (bicyclic) bond motifs is 1. The summed E-state index contributed by atoms with van der Waals surface area (Å²) >= 11 is 0. The zero-order valence-electron chi connectivity index (χ0n) is 11.4. The predicted octanol–water partition coefficient (Wildman–Crippen LogP) is 0.744. The molecule has 2 aliphatic rings. The summed E-state index contributed by atoms with van der Waals surface area (Å²) in [7, 11) is -3.49. The Hall–Kier alpha value is -1.80. The van der Waals surface area contributed by atoms with Crippen LogP contribution in [0.2, 0.25) is 0 Å². The van der Waals surface area contributed by atoms with E-state index >= 15 is 0 Å². The molecular formula is C13H15NO6S. The molecule has 1 fully saturated rings. The normalized spacial score (nSPS) is 21.1. The SMILES string of the molecule is CS(=O)(=O)OCC1CC(=O)N(c2ccc3c(c2)OCO3)C1. The van der Waals surface area contributed by atoms with E-state index in [1.165, 1.54) is 0 Å². The Labute approximate surface area is 122 Å². The Morgan fingerprint density at radius 1 is 1.33 bits per heavy atom. The highest BCUT2D eigenvalue weighted by Crippen LogP contribution is 2.37. The number of amides is 1. The minimum Gasteiger partial charge on any atom is -0.454 e. The lowest BCUT2D eigenvalue weighted by Crippen LogP contribution is -2.25. The van der Waals surface area contributed by atoms with E-state index in [1.807, 2.05) is 0 Å². The molecule has 0 N–H and O–H groups in total. The number of benzene rings is 1. The van der Waals surface area contributed by atoms with Crippen molar-refractivity contribution in [2.24, 2.45) is 5.92 Å². The summed E-state index contributed by atoms with van der Waals surface area (Å²) in [6, 6.07) is 5.29. The van der Waals surface area contributed by atoms with Crippen LogP contribution in [0.1, 0.15) is 6.42 Å². The Balaban J connectivity index is 1.70. The van der Waals surface area contributed by atoms with Crippen LogP contribution in [0.25, 0.3) is 0 Å². The van der Waals surface area contributed by atoms with Crippen molar-refractivity contribution in [3.63, 3.8) is 0 Å². The van der Waals surface area contributed by atoms with E-state index in [9.17, 15) is 13.2 Å². The molecule has 3 rings (SSSR count). The zero-order valence-corrected chi connectivity index (χ0v) is 12.3. The summed E-state index contributed by atoms with van der Waals surface area (Å²) in [5.74, 6) is 1.06. The van der Waals surface area contributed by atoms with Crippen molar-refractivity contribution in [3.05, 3.63) is 18.2 Å². The van der Waals surface area contributed by atoms with Gasteiger partial charge in [-0.2, -0.15) is 8.42 Å². The van der Waals surface area contributed by atoms with Crippen LogP contribution in [0.4, 0.5) is 5.69 Å². The summed E-state index contributed by atoms with van der Waals surface area (Å²) in [5.41, 5.74) is 0.714. The summed E-state index contributed by atoms with van der Waals surface area (Å²) in [6.45, 7) is 0.622. The van der Waals surface area contributed by atoms with Crippen LogP contribution < -0.4 is 14.4 Å². The highest BCUT2D eigenvalue weighted by atomic mass is 32.2. The minimum absolute atomic E-state index is 0.0195. The van der Waals surface area contributed by atoms with Gasteiger partial charge in [0.1, 0.15) is 0 Å². The van der Waals surface area contributed by atoms with Gasteiger partial charge in [-0.05, 0) is 12.1 Å². The van der Waals surface area contributed by atoms with Gasteiger partial charge in [0.05, 0.1) is 12.9 Å². The lowest BCUT2D eigenvalue weighted by molar-refractivity contribution is -0.117. The Morgan fingerprint density at radius 3 is 2.86 bits per heavy atom. The van der Waals surface area contributed by atoms with E-state index in [-0.39, 0.29) is 31.6 Å². The third-order valence-corrected chi connectivity index (χ3v) is 3.96. The third kappa shape index (κ3) is 3.11. The van der Waals surface area contributed by atoms with Crippen molar-refractivity contribution in [2.75, 3.05) is 31.1 Å². The standard InChI is InChI=1S/C13H15NO6S/c1-21(16,17)20-7-9-4-13(15)14(6-9)10-2-3-11-12(5-10)19-8-18-11/h2-3,5,9H,4,6-8H2,1H3. The van der Waals surface area contributed by atoms with Crippen molar-refractivity contribution in [1.82, 2.24) is 0 Å². The van der Waals surface area contributed by atoms with Gasteiger partial charge in [-0.1, -0.05) is 0 Å². The molecule has 21 heavy (non-hydrogen) atoms. The van der Waals surface area contributed by atoms with E-state index in [1.54, 1.807) is 23.1 Å². The van der Waals surface area contributed by atoms with Gasteiger partial charge < -0.3 is 14.4 Å². The number of nitrogens with zero attached hydrogens (tertiary/aromatic N) is 1. The molecule has 1 saturated heterocycles. The average Bonchev–Trinajstić information content (AvgIpc) is 3.00. The number of hydrogen-bond acceptors (Lipinski definition) is 6. The second kappa shape index (κ2) is 5.19. The van der Waals surface area contributed by atoms with Crippen LogP contribution >= 0.6 is 0 Å². The van der Waals surface area contributed by atoms with Crippen LogP contribution in [0.15, 0.2) is 18.2 Å². The lowest BCUT2D eigenvalue weighted by Gasteiger charge is -2.17. The molecule has 1 atom stereocenters. The Kier molecular flexibility index (Phi) is 3.50. The van der Waals surface area contributed by atoms with Crippen molar-refractivity contribution in [3.8, 4) is 11.5 Å². The topological polar surface area (TPSA) is 82.1 Å². The summed E-state index contributed by atoms with van der Waals surface area (Å²) in [4.78, 5) is 13.7. The largest absolute Gasteiger partial charge is 0.454 e. The highest BCUT2D eigenvalue weighted by molar-refractivity contribution is 7.85. The quantitative estimate of drug-likeness (QED) is 0.763. The molecule has 8 heteroatoms. The van der Waals surface area contributed by atoms with Crippen LogP contribution in [0, 0.1) is 5.92 Å². The average molecular weight is 313 g/mol. The summed E-state index contributed by atoms with van der Waals surface area (Å²) in [5, 5.41) is 0. The smallest absolute Gasteiger partial charge is 0.264 e. The van der Waals surface area contributed by atoms with Gasteiger partial charge in [0, 0.05) is 30.6 Å². The predicted molar refractivity (Wildman–Crippen MR) is 73.8 cm³/mol. The maximum atomic E-state index is 12.1. The van der Waals surface area contributed by atoms with Crippen molar-refractivity contribution >= 4 is 21.7 Å². The van der Waals surface area contributed by atoms with Crippen molar-refractivity contribution in [2.45, 2.75) is 6.42 Å². The maximum Gasteiger partial charge on any atom is 0.264 e. The molecule has 0 radical (unpaired) electrons. The third-order valence-electron chi connectivity index (χ3n) is 3.39. The number of hydrogen-bond donors (Lipinski definition) is 0. The van der Waals surface area contributed by atoms with Crippen LogP contribution in [-0.2, 0) is 19.1 Å². The van der Waals surface area contributed by atoms with E-state index < -0.39 is 10.1 Å². The van der Waals surface area contributed by atoms with Crippen LogP contribution in [0.3, 0.4) is 0 Å². The fraction of sp³-hybridized carbons (Fsp3) is 0.462. The molecule has 114 valence electrons. The number of rotatable bonds is 4. The molecule has 1 amide bonds. The first-order valence-corrected chi connectivity index (χ1v) is 8.28. The van der Waals surface area contributed by atoms with Crippen molar-refractivity contribution in [1.29, 1.82) is 0 Å². The molecule has 1 unspecified atom stereocenters. The first-order valence-electron chi connectivity index (χ1n) is 6.47. The molecule has 2 aliphatic heterocycles. The highest BCUT2D eigenvalue weighted by Gasteiger charge is 2.32. The molecular weight excluding hydrogens is 298 g/mol. The molecule has 1 aromatic rings. The van der Waals surface area contributed by atoms with Gasteiger partial charge in [0.2, 0.25) is 12.7 Å². The summed E-state index contributed by atoms with van der Waals surface area (Å²) < 4.78 is 37.3. The van der Waals surface area contributed by atoms with Gasteiger partial charge in [-0.25, -0.2) is 0 Å². The first kappa shape index (κ1) is 14.2. The monoisotopic (exact) mass is 313 g/mol. The fourth-order valence-electron chi connectivity index (χ4n) is 2.42. The number of carbonyl (C=O) groups is 1. The van der Waals surface area contributed by atoms with Crippen molar-refractivity contribution < 1.29 is 26.9 Å². The Bertz CT molecular complexity index is 671. The molecule has 0 aromatic heterocycles. The molecule has 7 nitrogen and oxygen atoms in total. The lowest BCUT2D eigenvalue weighted by atomic mass is 10.1. The van der Waals surface area contributed by atoms with Crippen LogP contribution in [0.5, 0.6) is 11.5 Å². The zero-order chi connectivity index (χ0) is 15.0. The number of ether oxygens (including phenoxy) is 2. The second-order valence-electron chi connectivity index (χ2n) is 5.10. The maximum absolute atomic E-state index is 12.1. The molecule has 2 heterocycles. The van der Waals surface area contributed by atoms with E-state index in [4.69, 9.17) is 13.7 Å². The molecule has 0 saturated carbocycles. The van der Waals surface area contributed by atoms with E-state index in [2.05, 4.69) is 0 Å². The van der Waals surface area contributed by atoms with Crippen LogP contribution in [-0.4, -0.2) is 40.5 Å². The van der Waals surface area contributed by atoms with E-state index in [0.717, 1.165) is 6.26 Å². The van der Waals surface area contributed by atoms with Gasteiger partial charge >= 0.3 is 0 Å². The van der Waals surface area contributed by atoms with Gasteiger partial charge in [0.15, 0.2) is 11.5 Å². The molecule has 0 aliphatic carbocycles. The van der Waals surface area contributed by atoms with Gasteiger partial charge in [0.25, 0.3) is 10.1 Å². The summed E-state index contributed by atoms with van der Waals surface area (Å²) in [6.07, 6.45) is 1.27. The number of carbonyl (C=O) groups excluding carboxylic acids is 1. The van der Waals surface area contributed by atoms with Gasteiger partial charge in [-0.3, -0.25) is 8.98 Å².